The Morgan fingerprint density at radius 2 is 1.43 bits per heavy atom. The first-order valence-electron chi connectivity index (χ1n) is 29.9. The number of hydrogen-bond donors (Lipinski definition) is 14. The minimum Gasteiger partial charge on any atom is -0.508 e. The van der Waals surface area contributed by atoms with Gasteiger partial charge < -0.3 is 84.9 Å². The van der Waals surface area contributed by atoms with Crippen LogP contribution in [0.2, 0.25) is 0 Å². The molecule has 0 bridgehead atoms. The number of amides is 9. The van der Waals surface area contributed by atoms with Crippen LogP contribution in [-0.4, -0.2) is 189 Å². The van der Waals surface area contributed by atoms with Crippen LogP contribution in [0.15, 0.2) is 66.1 Å². The van der Waals surface area contributed by atoms with E-state index in [-0.39, 0.29) is 79.4 Å². The van der Waals surface area contributed by atoms with Crippen molar-refractivity contribution in [3.05, 3.63) is 82.9 Å². The minimum atomic E-state index is -1.47. The molecular formula is C59H89N19O11. The molecule has 30 nitrogen and oxygen atoms in total. The van der Waals surface area contributed by atoms with Crippen molar-refractivity contribution in [2.75, 3.05) is 58.3 Å². The molecule has 486 valence electrons. The van der Waals surface area contributed by atoms with E-state index in [1.165, 1.54) is 57.2 Å². The van der Waals surface area contributed by atoms with Crippen LogP contribution in [-0.2, 0) is 62.5 Å². The van der Waals surface area contributed by atoms with Crippen molar-refractivity contribution in [1.82, 2.24) is 66.5 Å². The Kier molecular flexibility index (Phi) is 27.3. The lowest BCUT2D eigenvalue weighted by Crippen LogP contribution is -2.60. The molecule has 0 saturated carbocycles. The average molecular weight is 1240 g/mol. The zero-order valence-corrected chi connectivity index (χ0v) is 51.5. The van der Waals surface area contributed by atoms with Crippen molar-refractivity contribution in [1.29, 1.82) is 5.41 Å². The number of carbonyl (C=O) groups excluding carboxylic acids is 9. The van der Waals surface area contributed by atoms with Crippen LogP contribution in [0.4, 0.5) is 5.69 Å². The number of guanidine groups is 1. The maximum absolute atomic E-state index is 14.8. The van der Waals surface area contributed by atoms with Crippen molar-refractivity contribution >= 4 is 75.7 Å². The summed E-state index contributed by atoms with van der Waals surface area (Å²) >= 11 is 0. The number of rotatable bonds is 34. The predicted octanol–water partition coefficient (Wildman–Crippen LogP) is -2.36. The van der Waals surface area contributed by atoms with Gasteiger partial charge in [0.25, 0.3) is 5.56 Å². The maximum atomic E-state index is 14.8. The third-order valence-corrected chi connectivity index (χ3v) is 15.5. The molecule has 30 heteroatoms. The van der Waals surface area contributed by atoms with Crippen LogP contribution in [0.5, 0.6) is 5.75 Å². The number of piperazine rings is 1. The van der Waals surface area contributed by atoms with Crippen LogP contribution in [0.1, 0.15) is 90.3 Å². The fourth-order valence-electron chi connectivity index (χ4n) is 10.2. The standard InChI is InChI=1S/C59H89N19O11/c1-7-35(4)50(62)55(86)71-43(11-8-9-19-60)58(89)77-23-21-76(22-24-77)38-15-18-41-40(28-38)56(87)78(33-69-41)31-49(81)70-42(12-10-20-67-59(63)64)52(83)72-44(27-37-30-66-32-68-37)53(84)74-46(26-36-13-16-39(79)17-14-36)57(88)75(6)47(25-34(2)3)54(85)73-45(29-48(61)80)51(82)65-5/h13-18,28,30,32-35,42-47,50,79H,7-12,19-27,29,31,60,62H2,1-6H3,(H2,61,80)(H,65,82)(H,66,68)(H,70,81)(H,71,86)(H,72,83)(H,73,85)(H,74,84)(H4,63,64,67)/t35-,42-,43-,44-,45-,46-,47-,50-/m0/s1. The van der Waals surface area contributed by atoms with Gasteiger partial charge in [0.1, 0.15) is 48.5 Å². The molecule has 3 heterocycles. The fourth-order valence-corrected chi connectivity index (χ4v) is 10.2. The van der Waals surface area contributed by atoms with Gasteiger partial charge in [-0.2, -0.15) is 0 Å². The molecular weight excluding hydrogens is 1150 g/mol. The lowest BCUT2D eigenvalue weighted by molar-refractivity contribution is -0.143. The van der Waals surface area contributed by atoms with Gasteiger partial charge in [-0.25, -0.2) is 9.97 Å². The van der Waals surface area contributed by atoms with E-state index in [1.54, 1.807) is 36.9 Å². The van der Waals surface area contributed by atoms with E-state index in [0.717, 1.165) is 9.47 Å². The molecule has 18 N–H and O–H groups in total. The van der Waals surface area contributed by atoms with E-state index >= 15 is 0 Å². The maximum Gasteiger partial charge on any atom is 0.261 e. The van der Waals surface area contributed by atoms with E-state index < -0.39 is 102 Å². The molecule has 0 spiro atoms. The Bertz CT molecular complexity index is 3130. The molecule has 9 amide bonds. The van der Waals surface area contributed by atoms with Gasteiger partial charge in [0.15, 0.2) is 5.96 Å². The Hall–Kier alpha value is -9.19. The van der Waals surface area contributed by atoms with Gasteiger partial charge in [-0.1, -0.05) is 46.2 Å². The van der Waals surface area contributed by atoms with Crippen LogP contribution in [0.25, 0.3) is 10.9 Å². The van der Waals surface area contributed by atoms with Gasteiger partial charge in [-0.05, 0) is 92.8 Å². The number of benzene rings is 2. The highest BCUT2D eigenvalue weighted by atomic mass is 16.3. The number of nitrogens with two attached hydrogens (primary N) is 4. The van der Waals surface area contributed by atoms with Crippen LogP contribution in [0, 0.1) is 17.2 Å². The molecule has 1 saturated heterocycles. The number of carbonyl (C=O) groups is 9. The Labute approximate surface area is 516 Å². The number of phenolic OH excluding ortho intramolecular Hbond substituents is 1. The molecule has 2 aromatic carbocycles. The van der Waals surface area contributed by atoms with Gasteiger partial charge in [-0.3, -0.25) is 57.9 Å². The quantitative estimate of drug-likeness (QED) is 0.0132. The first-order valence-corrected chi connectivity index (χ1v) is 29.9. The molecule has 4 aromatic rings. The summed E-state index contributed by atoms with van der Waals surface area (Å²) in [4.78, 5) is 154. The molecule has 2 aromatic heterocycles. The molecule has 5 rings (SSSR count). The second kappa shape index (κ2) is 34.4. The number of H-pyrrole nitrogens is 1. The topological polar surface area (TPSA) is 459 Å². The smallest absolute Gasteiger partial charge is 0.261 e. The summed E-state index contributed by atoms with van der Waals surface area (Å²) in [6.07, 6.45) is 5.71. The molecule has 1 fully saturated rings. The van der Waals surface area contributed by atoms with Crippen molar-refractivity contribution in [3.8, 4) is 5.75 Å². The van der Waals surface area contributed by atoms with Crippen LogP contribution >= 0.6 is 0 Å². The molecule has 0 unspecified atom stereocenters. The molecule has 0 radical (unpaired) electrons. The lowest BCUT2D eigenvalue weighted by Gasteiger charge is -2.38. The van der Waals surface area contributed by atoms with Gasteiger partial charge in [0, 0.05) is 71.5 Å². The molecule has 89 heavy (non-hydrogen) atoms. The predicted molar refractivity (Wildman–Crippen MR) is 332 cm³/mol. The summed E-state index contributed by atoms with van der Waals surface area (Å²) in [6, 6.07) is 2.55. The number of imidazole rings is 1. The summed E-state index contributed by atoms with van der Waals surface area (Å²) in [5.74, 6) is -6.91. The number of phenols is 1. The Morgan fingerprint density at radius 1 is 0.775 bits per heavy atom. The number of aromatic amines is 1. The molecule has 0 aliphatic carbocycles. The van der Waals surface area contributed by atoms with Crippen LogP contribution in [0.3, 0.4) is 0 Å². The number of nitrogens with one attached hydrogen (secondary N) is 9. The second-order valence-corrected chi connectivity index (χ2v) is 22.7. The fraction of sp³-hybridized carbons (Fsp3) is 0.542. The summed E-state index contributed by atoms with van der Waals surface area (Å²) < 4.78 is 1.09. The van der Waals surface area contributed by atoms with Crippen molar-refractivity contribution in [3.63, 3.8) is 0 Å². The van der Waals surface area contributed by atoms with Gasteiger partial charge in [0.05, 0.1) is 41.7 Å². The normalized spacial score (nSPS) is 15.0. The zero-order chi connectivity index (χ0) is 65.5. The number of fused-ring (bicyclic) bond motifs is 1. The Morgan fingerprint density at radius 3 is 2.04 bits per heavy atom. The van der Waals surface area contributed by atoms with E-state index in [9.17, 15) is 53.1 Å². The van der Waals surface area contributed by atoms with Crippen LogP contribution < -0.4 is 70.6 Å². The van der Waals surface area contributed by atoms with E-state index in [2.05, 4.69) is 52.2 Å². The number of unbranched alkanes of at least 4 members (excludes halogenated alkanes) is 1. The number of likely N-dealkylation sites (N-methyl/N-ethyl adjacent to an activating group) is 2. The number of nitrogens with zero attached hydrogens (tertiary/aromatic N) is 6. The number of hydrogen-bond acceptors (Lipinski definition) is 17. The number of aromatic hydroxyl groups is 1. The highest BCUT2D eigenvalue weighted by molar-refractivity contribution is 5.97. The molecule has 1 aliphatic heterocycles. The van der Waals surface area contributed by atoms with Crippen molar-refractivity contribution in [2.45, 2.75) is 141 Å². The largest absolute Gasteiger partial charge is 0.508 e. The first kappa shape index (κ1) is 70.6. The second-order valence-electron chi connectivity index (χ2n) is 22.7. The summed E-state index contributed by atoms with van der Waals surface area (Å²) in [5, 5.41) is 36.5. The summed E-state index contributed by atoms with van der Waals surface area (Å²) in [6.45, 7) is 8.86. The van der Waals surface area contributed by atoms with E-state index in [4.69, 9.17) is 28.3 Å². The highest BCUT2D eigenvalue weighted by Crippen LogP contribution is 2.22. The number of aromatic nitrogens is 4. The minimum absolute atomic E-state index is 0.0655. The Balaban J connectivity index is 1.36. The van der Waals surface area contributed by atoms with Gasteiger partial charge in [0.2, 0.25) is 53.2 Å². The summed E-state index contributed by atoms with van der Waals surface area (Å²) in [7, 11) is 2.66. The van der Waals surface area contributed by atoms with Crippen molar-refractivity contribution < 1.29 is 48.3 Å². The number of primary amides is 1. The van der Waals surface area contributed by atoms with Crippen molar-refractivity contribution in [2.24, 2.45) is 34.8 Å². The lowest BCUT2D eigenvalue weighted by atomic mass is 9.98. The van der Waals surface area contributed by atoms with Gasteiger partial charge in [-0.15, -0.1) is 0 Å². The SMILES string of the molecule is CC[C@H](C)[C@H](N)C(=O)N[C@@H](CCCCN)C(=O)N1CCN(c2ccc3ncn(CC(=O)N[C@@H](CCCNC(=N)N)C(=O)N[C@@H](Cc4c[nH]cn4)C(=O)N[C@@H](Cc4ccc(O)cc4)C(=O)N(C)[C@@H](CC(C)C)C(=O)N[C@@H](CC(N)=O)C(=O)NC)c(=O)c3c2)CC1. The van der Waals surface area contributed by atoms with E-state index in [1.807, 2.05) is 18.7 Å². The number of anilines is 1. The monoisotopic (exact) mass is 1240 g/mol. The third kappa shape index (κ3) is 21.3. The molecule has 1 aliphatic rings. The van der Waals surface area contributed by atoms with Gasteiger partial charge >= 0.3 is 0 Å². The summed E-state index contributed by atoms with van der Waals surface area (Å²) in [5.41, 5.74) is 24.1. The highest BCUT2D eigenvalue weighted by Gasteiger charge is 2.37. The third-order valence-electron chi connectivity index (χ3n) is 15.5. The van der Waals surface area contributed by atoms with E-state index in [0.29, 0.717) is 80.9 Å². The zero-order valence-electron chi connectivity index (χ0n) is 51.5. The molecule has 8 atom stereocenters. The average Bonchev–Trinajstić information content (AvgIpc) is 4.19. The first-order chi connectivity index (χ1) is 42.3.